The predicted octanol–water partition coefficient (Wildman–Crippen LogP) is 1.61. The summed E-state index contributed by atoms with van der Waals surface area (Å²) >= 11 is 0. The predicted molar refractivity (Wildman–Crippen MR) is 68.1 cm³/mol. The highest BCUT2D eigenvalue weighted by molar-refractivity contribution is 6.12. The minimum Gasteiger partial charge on any atom is -0.284 e. The number of amides is 3. The second-order valence-electron chi connectivity index (χ2n) is 4.50. The quantitative estimate of drug-likeness (QED) is 0.461. The Hall–Kier alpha value is -2.44. The van der Waals surface area contributed by atoms with Gasteiger partial charge in [0.2, 0.25) is 5.91 Å². The number of carbonyl (C=O) groups excluding carboxylic acids is 2. The molecule has 2 rings (SSSR count). The number of hydrogen-bond donors (Lipinski definition) is 0. The zero-order chi connectivity index (χ0) is 14.3. The summed E-state index contributed by atoms with van der Waals surface area (Å²) in [6, 6.07) is 2.52. The van der Waals surface area contributed by atoms with E-state index in [1.807, 2.05) is 0 Å². The molecular formula is C12H13N3O4. The lowest BCUT2D eigenvalue weighted by molar-refractivity contribution is -0.385. The Morgan fingerprint density at radius 2 is 1.84 bits per heavy atom. The largest absolute Gasteiger partial charge is 0.331 e. The fourth-order valence-electron chi connectivity index (χ4n) is 2.10. The summed E-state index contributed by atoms with van der Waals surface area (Å²) < 4.78 is 0. The molecule has 7 heteroatoms. The lowest BCUT2D eigenvalue weighted by Crippen LogP contribution is -2.30. The number of nitrogens with zero attached hydrogens (tertiary/aromatic N) is 3. The summed E-state index contributed by atoms with van der Waals surface area (Å²) in [4.78, 5) is 36.1. The highest BCUT2D eigenvalue weighted by atomic mass is 16.6. The highest BCUT2D eigenvalue weighted by Crippen LogP contribution is 2.31. The van der Waals surface area contributed by atoms with Crippen molar-refractivity contribution in [1.82, 2.24) is 4.90 Å². The lowest BCUT2D eigenvalue weighted by Gasteiger charge is -2.17. The van der Waals surface area contributed by atoms with Crippen LogP contribution in [-0.4, -0.2) is 35.4 Å². The van der Waals surface area contributed by atoms with Crippen LogP contribution >= 0.6 is 0 Å². The van der Waals surface area contributed by atoms with Gasteiger partial charge in [-0.05, 0) is 25.5 Å². The van der Waals surface area contributed by atoms with Crippen LogP contribution in [-0.2, 0) is 4.79 Å². The van der Waals surface area contributed by atoms with Crippen molar-refractivity contribution >= 4 is 23.3 Å². The van der Waals surface area contributed by atoms with Crippen LogP contribution in [0, 0.1) is 24.0 Å². The molecule has 0 spiro atoms. The molecule has 7 nitrogen and oxygen atoms in total. The van der Waals surface area contributed by atoms with Gasteiger partial charge in [0.05, 0.1) is 10.6 Å². The molecule has 1 heterocycles. The van der Waals surface area contributed by atoms with Gasteiger partial charge in [-0.3, -0.25) is 24.7 Å². The molecule has 1 aliphatic heterocycles. The summed E-state index contributed by atoms with van der Waals surface area (Å²) in [5.41, 5.74) is 1.59. The van der Waals surface area contributed by atoms with E-state index in [-0.39, 0.29) is 18.1 Å². The fourth-order valence-corrected chi connectivity index (χ4v) is 2.10. The summed E-state index contributed by atoms with van der Waals surface area (Å²) in [7, 11) is 1.39. The fraction of sp³-hybridized carbons (Fsp3) is 0.333. The molecule has 0 N–H and O–H groups in total. The molecule has 1 saturated heterocycles. The van der Waals surface area contributed by atoms with E-state index in [9.17, 15) is 19.7 Å². The number of nitro groups is 1. The van der Waals surface area contributed by atoms with E-state index < -0.39 is 11.0 Å². The van der Waals surface area contributed by atoms with E-state index in [2.05, 4.69) is 0 Å². The summed E-state index contributed by atoms with van der Waals surface area (Å²) in [5.74, 6) is -0.326. The van der Waals surface area contributed by atoms with Crippen LogP contribution in [0.25, 0.3) is 0 Å². The van der Waals surface area contributed by atoms with Crippen molar-refractivity contribution in [2.24, 2.45) is 0 Å². The Morgan fingerprint density at radius 3 is 2.32 bits per heavy atom. The number of anilines is 1. The Morgan fingerprint density at radius 1 is 1.21 bits per heavy atom. The SMILES string of the molecule is Cc1cc(C)c([N+](=O)[O-])cc1N1CC(=O)N(C)C1=O. The standard InChI is InChI=1S/C12H13N3O4/c1-7-4-8(2)10(15(18)19)5-9(7)14-6-11(16)13(3)12(14)17/h4-5H,6H2,1-3H3. The Kier molecular flexibility index (Phi) is 2.97. The monoisotopic (exact) mass is 263 g/mol. The maximum atomic E-state index is 11.9. The lowest BCUT2D eigenvalue weighted by atomic mass is 10.1. The maximum absolute atomic E-state index is 11.9. The molecule has 0 bridgehead atoms. The average Bonchev–Trinajstić information content (AvgIpc) is 2.57. The molecule has 3 amide bonds. The molecular weight excluding hydrogens is 250 g/mol. The Bertz CT molecular complexity index is 597. The Balaban J connectivity index is 2.52. The summed E-state index contributed by atoms with van der Waals surface area (Å²) in [6.07, 6.45) is 0. The normalized spacial score (nSPS) is 15.3. The Labute approximate surface area is 109 Å². The van der Waals surface area contributed by atoms with Gasteiger partial charge >= 0.3 is 6.03 Å². The first kappa shape index (κ1) is 13.0. The topological polar surface area (TPSA) is 83.8 Å². The molecule has 100 valence electrons. The molecule has 1 aromatic carbocycles. The first-order valence-electron chi connectivity index (χ1n) is 5.66. The van der Waals surface area contributed by atoms with E-state index in [1.54, 1.807) is 19.9 Å². The number of hydrogen-bond acceptors (Lipinski definition) is 4. The van der Waals surface area contributed by atoms with E-state index in [0.717, 1.165) is 10.5 Å². The van der Waals surface area contributed by atoms with Crippen LogP contribution in [0.15, 0.2) is 12.1 Å². The number of rotatable bonds is 2. The minimum atomic E-state index is -0.496. The molecule has 0 atom stereocenters. The van der Waals surface area contributed by atoms with Gasteiger partial charge in [-0.1, -0.05) is 0 Å². The highest BCUT2D eigenvalue weighted by Gasteiger charge is 2.35. The van der Waals surface area contributed by atoms with Gasteiger partial charge < -0.3 is 0 Å². The van der Waals surface area contributed by atoms with Gasteiger partial charge in [0.25, 0.3) is 5.69 Å². The second-order valence-corrected chi connectivity index (χ2v) is 4.50. The average molecular weight is 263 g/mol. The van der Waals surface area contributed by atoms with Crippen molar-refractivity contribution < 1.29 is 14.5 Å². The molecule has 0 saturated carbocycles. The number of urea groups is 1. The van der Waals surface area contributed by atoms with Gasteiger partial charge in [0.1, 0.15) is 6.54 Å². The van der Waals surface area contributed by atoms with E-state index >= 15 is 0 Å². The van der Waals surface area contributed by atoms with Crippen molar-refractivity contribution in [3.8, 4) is 0 Å². The van der Waals surface area contributed by atoms with Crippen LogP contribution in [0.1, 0.15) is 11.1 Å². The molecule has 1 aliphatic rings. The molecule has 0 radical (unpaired) electrons. The molecule has 1 aromatic rings. The van der Waals surface area contributed by atoms with Crippen LogP contribution in [0.5, 0.6) is 0 Å². The smallest absolute Gasteiger partial charge is 0.284 e. The van der Waals surface area contributed by atoms with E-state index in [4.69, 9.17) is 0 Å². The number of aryl methyl sites for hydroxylation is 2. The van der Waals surface area contributed by atoms with Crippen LogP contribution in [0.4, 0.5) is 16.2 Å². The van der Waals surface area contributed by atoms with Gasteiger partial charge in [-0.25, -0.2) is 4.79 Å². The van der Waals surface area contributed by atoms with Crippen LogP contribution in [0.3, 0.4) is 0 Å². The van der Waals surface area contributed by atoms with Gasteiger partial charge in [0.15, 0.2) is 0 Å². The third-order valence-corrected chi connectivity index (χ3v) is 3.19. The molecule has 1 fully saturated rings. The van der Waals surface area contributed by atoms with Crippen molar-refractivity contribution in [3.05, 3.63) is 33.4 Å². The van der Waals surface area contributed by atoms with E-state index in [0.29, 0.717) is 11.3 Å². The zero-order valence-electron chi connectivity index (χ0n) is 10.8. The first-order valence-corrected chi connectivity index (χ1v) is 5.66. The van der Waals surface area contributed by atoms with Crippen molar-refractivity contribution in [2.75, 3.05) is 18.5 Å². The number of carbonyl (C=O) groups is 2. The molecule has 19 heavy (non-hydrogen) atoms. The summed E-state index contributed by atoms with van der Waals surface area (Å²) in [5, 5.41) is 10.9. The summed E-state index contributed by atoms with van der Waals surface area (Å²) in [6.45, 7) is 3.30. The third kappa shape index (κ3) is 2.03. The number of imide groups is 1. The number of nitro benzene ring substituents is 1. The van der Waals surface area contributed by atoms with Crippen LogP contribution in [0.2, 0.25) is 0 Å². The molecule has 0 aromatic heterocycles. The van der Waals surface area contributed by atoms with Crippen molar-refractivity contribution in [2.45, 2.75) is 13.8 Å². The molecule has 0 aliphatic carbocycles. The van der Waals surface area contributed by atoms with Crippen LogP contribution < -0.4 is 4.90 Å². The maximum Gasteiger partial charge on any atom is 0.331 e. The van der Waals surface area contributed by atoms with Crippen molar-refractivity contribution in [1.29, 1.82) is 0 Å². The second kappa shape index (κ2) is 4.34. The van der Waals surface area contributed by atoms with Gasteiger partial charge in [-0.2, -0.15) is 0 Å². The number of benzene rings is 1. The zero-order valence-corrected chi connectivity index (χ0v) is 10.8. The third-order valence-electron chi connectivity index (χ3n) is 3.19. The molecule has 0 unspecified atom stereocenters. The van der Waals surface area contributed by atoms with Crippen molar-refractivity contribution in [3.63, 3.8) is 0 Å². The number of likely N-dealkylation sites (N-methyl/N-ethyl adjacent to an activating group) is 1. The van der Waals surface area contributed by atoms with E-state index in [1.165, 1.54) is 18.0 Å². The van der Waals surface area contributed by atoms with Gasteiger partial charge in [0, 0.05) is 18.7 Å². The minimum absolute atomic E-state index is 0.0598. The first-order chi connectivity index (χ1) is 8.82. The van der Waals surface area contributed by atoms with Gasteiger partial charge in [-0.15, -0.1) is 0 Å².